The van der Waals surface area contributed by atoms with Crippen molar-refractivity contribution in [3.8, 4) is 17.2 Å². The molecule has 43 heavy (non-hydrogen) atoms. The Bertz CT molecular complexity index is 2460. The van der Waals surface area contributed by atoms with Gasteiger partial charge in [0.15, 0.2) is 5.82 Å². The fourth-order valence-corrected chi connectivity index (χ4v) is 8.01. The number of hydrogen-bond donors (Lipinski definition) is 0. The second-order valence-electron chi connectivity index (χ2n) is 11.4. The van der Waals surface area contributed by atoms with Gasteiger partial charge in [-0.15, -0.1) is 11.3 Å². The number of nitrogens with zero attached hydrogens (tertiary/aromatic N) is 3. The zero-order chi connectivity index (χ0) is 28.5. The standard InChI is InChI=1S/C39H27N3S/c1-24-12-3-2-4-19-32-36(24)39(41-38(40-32)30-18-11-17-29-28-16-8-10-21-35(28)43-37(29)30)42-33-20-9-7-15-27(33)31-22-25-13-5-6-14-26(25)23-34(31)42/h2-11,13-24H,12H2,1H3. The molecule has 1 unspecified atom stereocenters. The van der Waals surface area contributed by atoms with Gasteiger partial charge in [0.2, 0.25) is 0 Å². The van der Waals surface area contributed by atoms with E-state index in [1.165, 1.54) is 52.8 Å². The van der Waals surface area contributed by atoms with Gasteiger partial charge in [-0.05, 0) is 59.5 Å². The van der Waals surface area contributed by atoms with Crippen LogP contribution in [0.15, 0.2) is 121 Å². The minimum atomic E-state index is 0.247. The topological polar surface area (TPSA) is 30.7 Å². The summed E-state index contributed by atoms with van der Waals surface area (Å²) in [5.41, 5.74) is 5.58. The Balaban J connectivity index is 1.42. The van der Waals surface area contributed by atoms with Gasteiger partial charge in [0, 0.05) is 42.1 Å². The molecule has 8 aromatic rings. The summed E-state index contributed by atoms with van der Waals surface area (Å²) in [4.78, 5) is 10.8. The molecule has 0 fully saturated rings. The van der Waals surface area contributed by atoms with E-state index in [9.17, 15) is 0 Å². The van der Waals surface area contributed by atoms with Gasteiger partial charge < -0.3 is 0 Å². The third-order valence-corrected chi connectivity index (χ3v) is 10.1. The van der Waals surface area contributed by atoms with Crippen molar-refractivity contribution in [1.82, 2.24) is 14.5 Å². The van der Waals surface area contributed by atoms with Gasteiger partial charge >= 0.3 is 0 Å². The van der Waals surface area contributed by atoms with E-state index in [0.29, 0.717) is 0 Å². The van der Waals surface area contributed by atoms with Crippen molar-refractivity contribution in [3.05, 3.63) is 133 Å². The van der Waals surface area contributed by atoms with Crippen LogP contribution < -0.4 is 0 Å². The zero-order valence-electron chi connectivity index (χ0n) is 23.7. The highest BCUT2D eigenvalue weighted by Crippen LogP contribution is 2.42. The van der Waals surface area contributed by atoms with Gasteiger partial charge in [0.1, 0.15) is 5.82 Å². The average molecular weight is 570 g/mol. The van der Waals surface area contributed by atoms with E-state index in [4.69, 9.17) is 9.97 Å². The molecule has 0 amide bonds. The van der Waals surface area contributed by atoms with Crippen molar-refractivity contribution in [2.24, 2.45) is 0 Å². The van der Waals surface area contributed by atoms with Crippen LogP contribution >= 0.6 is 11.3 Å². The maximum Gasteiger partial charge on any atom is 0.163 e. The second-order valence-corrected chi connectivity index (χ2v) is 12.5. The number of fused-ring (bicyclic) bond motifs is 8. The molecule has 3 nitrogen and oxygen atoms in total. The van der Waals surface area contributed by atoms with Gasteiger partial charge in [-0.1, -0.05) is 97.9 Å². The molecule has 0 radical (unpaired) electrons. The molecule has 204 valence electrons. The lowest BCUT2D eigenvalue weighted by Gasteiger charge is -2.21. The molecule has 0 spiro atoms. The van der Waals surface area contributed by atoms with E-state index in [1.54, 1.807) is 0 Å². The molecular formula is C39H27N3S. The number of allylic oxidation sites excluding steroid dienone is 3. The van der Waals surface area contributed by atoms with E-state index in [2.05, 4.69) is 139 Å². The van der Waals surface area contributed by atoms with Crippen LogP contribution in [0.4, 0.5) is 0 Å². The van der Waals surface area contributed by atoms with Crippen LogP contribution in [0.1, 0.15) is 30.5 Å². The fourth-order valence-electron chi connectivity index (χ4n) is 6.80. The minimum absolute atomic E-state index is 0.247. The number of thiophene rings is 1. The van der Waals surface area contributed by atoms with Gasteiger partial charge in [-0.3, -0.25) is 4.57 Å². The highest BCUT2D eigenvalue weighted by atomic mass is 32.1. The van der Waals surface area contributed by atoms with Crippen molar-refractivity contribution in [1.29, 1.82) is 0 Å². The van der Waals surface area contributed by atoms with Crippen molar-refractivity contribution >= 4 is 70.2 Å². The van der Waals surface area contributed by atoms with Crippen LogP contribution in [0.5, 0.6) is 0 Å². The monoisotopic (exact) mass is 569 g/mol. The quantitative estimate of drug-likeness (QED) is 0.207. The molecule has 0 aliphatic heterocycles. The summed E-state index contributed by atoms with van der Waals surface area (Å²) in [6, 6.07) is 37.2. The molecule has 1 atom stereocenters. The first-order valence-corrected chi connectivity index (χ1v) is 15.6. The van der Waals surface area contributed by atoms with Crippen LogP contribution in [-0.4, -0.2) is 14.5 Å². The highest BCUT2D eigenvalue weighted by Gasteiger charge is 2.25. The zero-order valence-corrected chi connectivity index (χ0v) is 24.5. The Labute approximate surface area is 253 Å². The Hall–Kier alpha value is -5.06. The Morgan fingerprint density at radius 2 is 1.47 bits per heavy atom. The summed E-state index contributed by atoms with van der Waals surface area (Å²) >= 11 is 1.82. The van der Waals surface area contributed by atoms with Gasteiger partial charge in [-0.25, -0.2) is 9.97 Å². The molecular weight excluding hydrogens is 543 g/mol. The Kier molecular flexibility index (Phi) is 5.41. The Morgan fingerprint density at radius 3 is 2.37 bits per heavy atom. The lowest BCUT2D eigenvalue weighted by molar-refractivity contribution is 0.754. The van der Waals surface area contributed by atoms with Gasteiger partial charge in [-0.2, -0.15) is 0 Å². The molecule has 3 aromatic heterocycles. The average Bonchev–Trinajstić information content (AvgIpc) is 3.57. The summed E-state index contributed by atoms with van der Waals surface area (Å²) < 4.78 is 4.90. The first-order chi connectivity index (χ1) is 21.2. The smallest absolute Gasteiger partial charge is 0.163 e. The van der Waals surface area contributed by atoms with Crippen LogP contribution in [0.2, 0.25) is 0 Å². The molecule has 1 aliphatic carbocycles. The summed E-state index contributed by atoms with van der Waals surface area (Å²) in [7, 11) is 0. The molecule has 1 aliphatic rings. The molecule has 0 saturated heterocycles. The van der Waals surface area contributed by atoms with Crippen LogP contribution in [-0.2, 0) is 0 Å². The SMILES string of the molecule is CC1CC=CC=Cc2nc(-c3cccc4c3sc3ccccc34)nc(-n3c4ccccc4c4cc5ccccc5cc43)c21. The summed E-state index contributed by atoms with van der Waals surface area (Å²) in [6.45, 7) is 2.30. The first kappa shape index (κ1) is 24.5. The lowest BCUT2D eigenvalue weighted by atomic mass is 9.94. The third-order valence-electron chi connectivity index (χ3n) is 8.84. The highest BCUT2D eigenvalue weighted by molar-refractivity contribution is 7.26. The molecule has 0 bridgehead atoms. The Morgan fingerprint density at radius 1 is 0.698 bits per heavy atom. The number of aromatic nitrogens is 3. The molecule has 9 rings (SSSR count). The third kappa shape index (κ3) is 3.73. The molecule has 3 heterocycles. The van der Waals surface area contributed by atoms with E-state index < -0.39 is 0 Å². The van der Waals surface area contributed by atoms with Crippen molar-refractivity contribution in [2.45, 2.75) is 19.3 Å². The first-order valence-electron chi connectivity index (χ1n) is 14.8. The van der Waals surface area contributed by atoms with Crippen LogP contribution in [0, 0.1) is 0 Å². The normalized spacial score (nSPS) is 15.0. The molecule has 0 N–H and O–H groups in total. The van der Waals surface area contributed by atoms with Crippen molar-refractivity contribution in [3.63, 3.8) is 0 Å². The number of benzene rings is 5. The van der Waals surface area contributed by atoms with Crippen LogP contribution in [0.25, 0.3) is 76.0 Å². The predicted molar refractivity (Wildman–Crippen MR) is 183 cm³/mol. The maximum atomic E-state index is 5.52. The lowest BCUT2D eigenvalue weighted by Crippen LogP contribution is -2.11. The van der Waals surface area contributed by atoms with Crippen molar-refractivity contribution < 1.29 is 0 Å². The molecule has 4 heteroatoms. The van der Waals surface area contributed by atoms with Gasteiger partial charge in [0.25, 0.3) is 0 Å². The summed E-state index contributed by atoms with van der Waals surface area (Å²) in [5.74, 6) is 1.98. The fraction of sp³-hybridized carbons (Fsp3) is 0.0769. The minimum Gasteiger partial charge on any atom is -0.293 e. The largest absolute Gasteiger partial charge is 0.293 e. The number of rotatable bonds is 2. The summed E-state index contributed by atoms with van der Waals surface area (Å²) in [6.07, 6.45) is 9.59. The van der Waals surface area contributed by atoms with E-state index >= 15 is 0 Å². The predicted octanol–water partition coefficient (Wildman–Crippen LogP) is 10.8. The van der Waals surface area contributed by atoms with Gasteiger partial charge in [0.05, 0.1) is 16.7 Å². The maximum absolute atomic E-state index is 5.52. The second kappa shape index (κ2) is 9.48. The van der Waals surface area contributed by atoms with E-state index in [0.717, 1.165) is 34.8 Å². The van der Waals surface area contributed by atoms with Crippen LogP contribution in [0.3, 0.4) is 0 Å². The molecule has 5 aromatic carbocycles. The number of para-hydroxylation sites is 1. The van der Waals surface area contributed by atoms with E-state index in [1.807, 2.05) is 11.3 Å². The number of hydrogen-bond acceptors (Lipinski definition) is 3. The van der Waals surface area contributed by atoms with E-state index in [-0.39, 0.29) is 5.92 Å². The summed E-state index contributed by atoms with van der Waals surface area (Å²) in [5, 5.41) is 7.48. The van der Waals surface area contributed by atoms with Crippen molar-refractivity contribution in [2.75, 3.05) is 0 Å². The molecule has 0 saturated carbocycles.